The number of halogens is 1. The van der Waals surface area contributed by atoms with Crippen LogP contribution in [0, 0.1) is 9.49 Å². The Morgan fingerprint density at radius 1 is 1.32 bits per heavy atom. The number of benzene rings is 1. The van der Waals surface area contributed by atoms with E-state index in [1.165, 1.54) is 5.56 Å². The van der Waals surface area contributed by atoms with Crippen LogP contribution in [0.4, 0.5) is 0 Å². The maximum absolute atomic E-state index is 6.07. The zero-order valence-electron chi connectivity index (χ0n) is 11.6. The van der Waals surface area contributed by atoms with Crippen LogP contribution < -0.4 is 15.2 Å². The first-order valence-electron chi connectivity index (χ1n) is 6.43. The Morgan fingerprint density at radius 2 is 2.05 bits per heavy atom. The van der Waals surface area contributed by atoms with Gasteiger partial charge < -0.3 is 15.2 Å². The van der Waals surface area contributed by atoms with Crippen LogP contribution in [0.1, 0.15) is 12.5 Å². The highest BCUT2D eigenvalue weighted by atomic mass is 127. The molecule has 1 saturated heterocycles. The molecule has 1 aliphatic rings. The summed E-state index contributed by atoms with van der Waals surface area (Å²) in [4.78, 5) is 2.40. The second-order valence-electron chi connectivity index (χ2n) is 5.15. The van der Waals surface area contributed by atoms with Gasteiger partial charge in [-0.3, -0.25) is 4.90 Å². The summed E-state index contributed by atoms with van der Waals surface area (Å²) in [5.41, 5.74) is 7.31. The van der Waals surface area contributed by atoms with E-state index in [1.807, 2.05) is 0 Å². The smallest absolute Gasteiger partial charge is 0.174 e. The number of hydrogen-bond acceptors (Lipinski definition) is 4. The third-order valence-corrected chi connectivity index (χ3v) is 4.45. The van der Waals surface area contributed by atoms with Crippen LogP contribution in [0.25, 0.3) is 0 Å². The first-order chi connectivity index (χ1) is 9.05. The Labute approximate surface area is 128 Å². The third kappa shape index (κ3) is 3.32. The van der Waals surface area contributed by atoms with Gasteiger partial charge in [-0.05, 0) is 46.2 Å². The van der Waals surface area contributed by atoms with Crippen molar-refractivity contribution in [2.24, 2.45) is 11.7 Å². The average molecular weight is 376 g/mol. The van der Waals surface area contributed by atoms with Crippen LogP contribution in [-0.2, 0) is 6.54 Å². The summed E-state index contributed by atoms with van der Waals surface area (Å²) < 4.78 is 11.8. The Morgan fingerprint density at radius 3 is 2.58 bits per heavy atom. The first kappa shape index (κ1) is 14.9. The van der Waals surface area contributed by atoms with Crippen molar-refractivity contribution in [3.63, 3.8) is 0 Å². The molecule has 2 unspecified atom stereocenters. The van der Waals surface area contributed by atoms with Crippen LogP contribution in [0.2, 0.25) is 0 Å². The largest absolute Gasteiger partial charge is 0.493 e. The van der Waals surface area contributed by atoms with E-state index in [1.54, 1.807) is 14.2 Å². The van der Waals surface area contributed by atoms with Gasteiger partial charge in [-0.2, -0.15) is 0 Å². The summed E-state index contributed by atoms with van der Waals surface area (Å²) in [6.45, 7) is 5.15. The molecule has 1 aromatic rings. The Bertz CT molecular complexity index is 443. The number of nitrogens with two attached hydrogens (primary N) is 1. The zero-order chi connectivity index (χ0) is 14.0. The lowest BCUT2D eigenvalue weighted by molar-refractivity contribution is 0.316. The van der Waals surface area contributed by atoms with Crippen molar-refractivity contribution in [3.05, 3.63) is 21.3 Å². The molecular weight excluding hydrogens is 355 g/mol. The summed E-state index contributed by atoms with van der Waals surface area (Å²) in [5, 5.41) is 0. The van der Waals surface area contributed by atoms with E-state index < -0.39 is 0 Å². The number of rotatable bonds is 4. The summed E-state index contributed by atoms with van der Waals surface area (Å²) in [6.07, 6.45) is 0. The Hall–Kier alpha value is -0.530. The second kappa shape index (κ2) is 6.28. The second-order valence-corrected chi connectivity index (χ2v) is 6.31. The van der Waals surface area contributed by atoms with Gasteiger partial charge in [0, 0.05) is 25.7 Å². The molecule has 4 nitrogen and oxygen atoms in total. The normalized spacial score (nSPS) is 23.6. The fraction of sp³-hybridized carbons (Fsp3) is 0.571. The minimum atomic E-state index is 0.291. The highest BCUT2D eigenvalue weighted by Gasteiger charge is 2.26. The third-order valence-electron chi connectivity index (χ3n) is 3.65. The fourth-order valence-corrected chi connectivity index (χ4v) is 3.43. The van der Waals surface area contributed by atoms with Crippen molar-refractivity contribution in [2.75, 3.05) is 27.3 Å². The molecule has 0 radical (unpaired) electrons. The van der Waals surface area contributed by atoms with Crippen LogP contribution in [0.5, 0.6) is 11.5 Å². The maximum Gasteiger partial charge on any atom is 0.174 e. The summed E-state index contributed by atoms with van der Waals surface area (Å²) in [5.74, 6) is 2.17. The van der Waals surface area contributed by atoms with E-state index in [0.717, 1.165) is 34.7 Å². The Kier molecular flexibility index (Phi) is 4.92. The van der Waals surface area contributed by atoms with Crippen molar-refractivity contribution in [1.29, 1.82) is 0 Å². The van der Waals surface area contributed by atoms with E-state index in [9.17, 15) is 0 Å². The molecule has 1 fully saturated rings. The molecule has 0 spiro atoms. The highest BCUT2D eigenvalue weighted by molar-refractivity contribution is 14.1. The molecule has 0 amide bonds. The average Bonchev–Trinajstić information content (AvgIpc) is 2.67. The van der Waals surface area contributed by atoms with Crippen LogP contribution in [0.15, 0.2) is 12.1 Å². The van der Waals surface area contributed by atoms with Crippen molar-refractivity contribution >= 4 is 22.6 Å². The van der Waals surface area contributed by atoms with Crippen LogP contribution in [-0.4, -0.2) is 38.3 Å². The molecule has 5 heteroatoms. The molecule has 0 aliphatic carbocycles. The molecule has 2 atom stereocenters. The number of hydrogen-bond donors (Lipinski definition) is 1. The minimum Gasteiger partial charge on any atom is -0.493 e. The van der Waals surface area contributed by atoms with Gasteiger partial charge >= 0.3 is 0 Å². The molecule has 0 aromatic heterocycles. The highest BCUT2D eigenvalue weighted by Crippen LogP contribution is 2.34. The molecule has 2 N–H and O–H groups in total. The van der Waals surface area contributed by atoms with E-state index >= 15 is 0 Å². The van der Waals surface area contributed by atoms with Crippen molar-refractivity contribution < 1.29 is 9.47 Å². The van der Waals surface area contributed by atoms with E-state index in [0.29, 0.717) is 12.0 Å². The Balaban J connectivity index is 2.15. The fourth-order valence-electron chi connectivity index (χ4n) is 2.55. The van der Waals surface area contributed by atoms with Gasteiger partial charge in [0.15, 0.2) is 11.5 Å². The lowest BCUT2D eigenvalue weighted by atomic mass is 10.1. The SMILES string of the molecule is COc1cc(CN2CC(C)C(N)C2)cc(I)c1OC. The van der Waals surface area contributed by atoms with Gasteiger partial charge in [0.1, 0.15) is 0 Å². The summed E-state index contributed by atoms with van der Waals surface area (Å²) in [7, 11) is 3.34. The molecule has 1 aliphatic heterocycles. The van der Waals surface area contributed by atoms with Crippen molar-refractivity contribution in [1.82, 2.24) is 4.90 Å². The van der Waals surface area contributed by atoms with Gasteiger partial charge in [0.2, 0.25) is 0 Å². The molecule has 2 rings (SSSR count). The topological polar surface area (TPSA) is 47.7 Å². The van der Waals surface area contributed by atoms with Crippen LogP contribution >= 0.6 is 22.6 Å². The number of nitrogens with zero attached hydrogens (tertiary/aromatic N) is 1. The quantitative estimate of drug-likeness (QED) is 0.818. The van der Waals surface area contributed by atoms with Gasteiger partial charge in [0.05, 0.1) is 17.8 Å². The van der Waals surface area contributed by atoms with Gasteiger partial charge in [-0.25, -0.2) is 0 Å². The lowest BCUT2D eigenvalue weighted by Crippen LogP contribution is -2.28. The van der Waals surface area contributed by atoms with E-state index in [4.69, 9.17) is 15.2 Å². The molecule has 0 saturated carbocycles. The van der Waals surface area contributed by atoms with Crippen molar-refractivity contribution in [2.45, 2.75) is 19.5 Å². The monoisotopic (exact) mass is 376 g/mol. The summed E-state index contributed by atoms with van der Waals surface area (Å²) >= 11 is 2.28. The summed E-state index contributed by atoms with van der Waals surface area (Å²) in [6, 6.07) is 4.49. The van der Waals surface area contributed by atoms with Gasteiger partial charge in [-0.15, -0.1) is 0 Å². The molecular formula is C14H21IN2O2. The molecule has 0 bridgehead atoms. The standard InChI is InChI=1S/C14H21IN2O2/c1-9-6-17(8-12(9)16)7-10-4-11(15)14(19-3)13(5-10)18-2/h4-5,9,12H,6-8,16H2,1-3H3. The molecule has 1 aromatic carbocycles. The lowest BCUT2D eigenvalue weighted by Gasteiger charge is -2.17. The molecule has 1 heterocycles. The minimum absolute atomic E-state index is 0.291. The number of ether oxygens (including phenoxy) is 2. The van der Waals surface area contributed by atoms with E-state index in [2.05, 4.69) is 46.5 Å². The number of methoxy groups -OCH3 is 2. The first-order valence-corrected chi connectivity index (χ1v) is 7.51. The van der Waals surface area contributed by atoms with E-state index in [-0.39, 0.29) is 0 Å². The van der Waals surface area contributed by atoms with Crippen molar-refractivity contribution in [3.8, 4) is 11.5 Å². The molecule has 19 heavy (non-hydrogen) atoms. The predicted molar refractivity (Wildman–Crippen MR) is 84.7 cm³/mol. The zero-order valence-corrected chi connectivity index (χ0v) is 13.8. The van der Waals surface area contributed by atoms with Gasteiger partial charge in [0.25, 0.3) is 0 Å². The maximum atomic E-state index is 6.07. The number of likely N-dealkylation sites (tertiary alicyclic amines) is 1. The van der Waals surface area contributed by atoms with Crippen LogP contribution in [0.3, 0.4) is 0 Å². The molecule has 106 valence electrons. The van der Waals surface area contributed by atoms with Gasteiger partial charge in [-0.1, -0.05) is 6.92 Å². The predicted octanol–water partition coefficient (Wildman–Crippen LogP) is 2.09.